The molecule has 44 heavy (non-hydrogen) atoms. The number of carbonyl (C=O) groups is 1. The predicted octanol–water partition coefficient (Wildman–Crippen LogP) is 8.19. The largest absolute Gasteiger partial charge is 0.478 e. The summed E-state index contributed by atoms with van der Waals surface area (Å²) < 4.78 is 57.9. The van der Waals surface area contributed by atoms with Crippen molar-refractivity contribution in [1.29, 1.82) is 0 Å². The first-order valence-electron chi connectivity index (χ1n) is 13.9. The SMILES string of the molecule is O=C(O)c1cc(-c2noc(C34CCC(/C=C/c5c(-c6c(Cl)cncc6Cl)noc5C5CC5)(CC3)CO4)n2)cc(C(F)(F)F)c1. The Balaban J connectivity index is 1.14. The van der Waals surface area contributed by atoms with Gasteiger partial charge in [0, 0.05) is 40.4 Å². The minimum Gasteiger partial charge on any atom is -0.478 e. The quantitative estimate of drug-likeness (QED) is 0.211. The molecule has 0 amide bonds. The van der Waals surface area contributed by atoms with Gasteiger partial charge in [-0.1, -0.05) is 45.7 Å². The molecule has 1 N–H and O–H groups in total. The lowest BCUT2D eigenvalue weighted by atomic mass is 9.65. The second-order valence-electron chi connectivity index (χ2n) is 11.6. The van der Waals surface area contributed by atoms with Gasteiger partial charge < -0.3 is 18.9 Å². The monoisotopic (exact) mass is 646 g/mol. The Hall–Kier alpha value is -3.74. The molecule has 2 aliphatic heterocycles. The van der Waals surface area contributed by atoms with Crippen LogP contribution in [-0.2, 0) is 16.5 Å². The Kier molecular flexibility index (Phi) is 6.87. The average molecular weight is 647 g/mol. The summed E-state index contributed by atoms with van der Waals surface area (Å²) >= 11 is 12.9. The Morgan fingerprint density at radius 2 is 1.75 bits per heavy atom. The van der Waals surface area contributed by atoms with E-state index in [1.54, 1.807) is 0 Å². The van der Waals surface area contributed by atoms with Crippen molar-refractivity contribution in [2.75, 3.05) is 6.61 Å². The third kappa shape index (κ3) is 5.08. The minimum absolute atomic E-state index is 0.113. The van der Waals surface area contributed by atoms with E-state index in [9.17, 15) is 23.1 Å². The van der Waals surface area contributed by atoms with Crippen LogP contribution < -0.4 is 0 Å². The van der Waals surface area contributed by atoms with Gasteiger partial charge in [-0.15, -0.1) is 0 Å². The van der Waals surface area contributed by atoms with E-state index in [2.05, 4.69) is 26.4 Å². The van der Waals surface area contributed by atoms with Crippen LogP contribution in [-0.4, -0.2) is 38.0 Å². The van der Waals surface area contributed by atoms with Crippen molar-refractivity contribution in [1.82, 2.24) is 20.3 Å². The lowest BCUT2D eigenvalue weighted by Crippen LogP contribution is -2.48. The van der Waals surface area contributed by atoms with Crippen molar-refractivity contribution < 1.29 is 36.9 Å². The summed E-state index contributed by atoms with van der Waals surface area (Å²) in [7, 11) is 0. The topological polar surface area (TPSA) is 124 Å². The number of carboxylic acids is 1. The summed E-state index contributed by atoms with van der Waals surface area (Å²) in [6.07, 6.45) is 6.95. The number of carboxylic acid groups (broad SMARTS) is 1. The number of pyridine rings is 1. The highest BCUT2D eigenvalue weighted by molar-refractivity contribution is 6.39. The summed E-state index contributed by atoms with van der Waals surface area (Å²) in [4.78, 5) is 19.9. The van der Waals surface area contributed by atoms with Gasteiger partial charge in [-0.25, -0.2) is 4.79 Å². The van der Waals surface area contributed by atoms with Gasteiger partial charge in [-0.3, -0.25) is 4.98 Å². The molecule has 2 aliphatic carbocycles. The molecule has 4 aromatic rings. The molecule has 1 aromatic carbocycles. The van der Waals surface area contributed by atoms with Crippen molar-refractivity contribution in [3.05, 3.63) is 75.1 Å². The van der Waals surface area contributed by atoms with Crippen LogP contribution in [0.5, 0.6) is 0 Å². The van der Waals surface area contributed by atoms with Crippen molar-refractivity contribution in [3.8, 4) is 22.6 Å². The molecule has 0 unspecified atom stereocenters. The Morgan fingerprint density at radius 1 is 1.02 bits per heavy atom. The third-order valence-corrected chi connectivity index (χ3v) is 9.24. The highest BCUT2D eigenvalue weighted by atomic mass is 35.5. The Morgan fingerprint density at radius 3 is 2.36 bits per heavy atom. The van der Waals surface area contributed by atoms with Gasteiger partial charge in [0.2, 0.25) is 5.82 Å². The third-order valence-electron chi connectivity index (χ3n) is 8.67. The van der Waals surface area contributed by atoms with E-state index in [0.29, 0.717) is 46.8 Å². The molecule has 2 saturated heterocycles. The van der Waals surface area contributed by atoms with Gasteiger partial charge in [0.05, 0.1) is 27.8 Å². The van der Waals surface area contributed by atoms with Crippen LogP contribution in [0.2, 0.25) is 10.0 Å². The number of alkyl halides is 3. The Bertz CT molecular complexity index is 1770. The van der Waals surface area contributed by atoms with Crippen molar-refractivity contribution in [3.63, 3.8) is 0 Å². The lowest BCUT2D eigenvalue weighted by Gasteiger charge is -2.50. The van der Waals surface area contributed by atoms with Gasteiger partial charge in [-0.2, -0.15) is 18.2 Å². The number of aromatic carboxylic acids is 1. The zero-order valence-electron chi connectivity index (χ0n) is 22.8. The van der Waals surface area contributed by atoms with Crippen molar-refractivity contribution in [2.45, 2.75) is 56.2 Å². The first-order chi connectivity index (χ1) is 21.0. The second-order valence-corrected chi connectivity index (χ2v) is 12.4. The maximum Gasteiger partial charge on any atom is 0.416 e. The van der Waals surface area contributed by atoms with E-state index in [0.717, 1.165) is 49.1 Å². The highest BCUT2D eigenvalue weighted by Crippen LogP contribution is 2.55. The summed E-state index contributed by atoms with van der Waals surface area (Å²) in [6, 6.07) is 2.46. The van der Waals surface area contributed by atoms with E-state index in [1.807, 2.05) is 6.08 Å². The number of fused-ring (bicyclic) bond motifs is 3. The van der Waals surface area contributed by atoms with Crippen LogP contribution in [0.3, 0.4) is 0 Å². The highest BCUT2D eigenvalue weighted by Gasteiger charge is 2.53. The van der Waals surface area contributed by atoms with Crippen molar-refractivity contribution in [2.24, 2.45) is 5.41 Å². The van der Waals surface area contributed by atoms with E-state index >= 15 is 0 Å². The normalized spacial score (nSPS) is 23.5. The molecule has 228 valence electrons. The van der Waals surface area contributed by atoms with Crippen LogP contribution >= 0.6 is 23.2 Å². The number of nitrogens with zero attached hydrogens (tertiary/aromatic N) is 4. The van der Waals surface area contributed by atoms with E-state index in [1.165, 1.54) is 12.4 Å². The van der Waals surface area contributed by atoms with Gasteiger partial charge in [-0.05, 0) is 56.7 Å². The molecule has 0 atom stereocenters. The van der Waals surface area contributed by atoms with Crippen LogP contribution in [0.4, 0.5) is 13.2 Å². The molecule has 5 heterocycles. The summed E-state index contributed by atoms with van der Waals surface area (Å²) in [5.41, 5.74) is -1.01. The standard InChI is InChI=1S/C30H23Cl2F3N4O5/c31-20-12-36-13-21(32)22(20)23-19(24(43-38-23)15-1-2-15)3-4-28-5-7-29(8-6-28,42-14-28)27-37-25(39-44-27)16-9-17(26(40)41)11-18(10-16)30(33,34)35/h3-4,9-13,15H,1-2,5-8,14H2,(H,40,41)/b4-3+. The molecular formula is C30H23Cl2F3N4O5. The van der Waals surface area contributed by atoms with Crippen molar-refractivity contribution >= 4 is 35.2 Å². The zero-order chi connectivity index (χ0) is 30.9. The minimum atomic E-state index is -4.75. The first kappa shape index (κ1) is 29.0. The summed E-state index contributed by atoms with van der Waals surface area (Å²) in [6.45, 7) is 0.351. The molecule has 4 aliphatic rings. The lowest BCUT2D eigenvalue weighted by molar-refractivity contribution is -0.186. The molecule has 2 saturated carbocycles. The number of ether oxygens (including phenoxy) is 1. The van der Waals surface area contributed by atoms with E-state index < -0.39 is 28.9 Å². The number of halogens is 5. The van der Waals surface area contributed by atoms with Crippen LogP contribution in [0, 0.1) is 5.41 Å². The molecule has 8 rings (SSSR count). The second kappa shape index (κ2) is 10.4. The smallest absolute Gasteiger partial charge is 0.416 e. The number of aromatic nitrogens is 4. The molecule has 2 bridgehead atoms. The van der Waals surface area contributed by atoms with Gasteiger partial charge >= 0.3 is 12.1 Å². The molecular weight excluding hydrogens is 624 g/mol. The average Bonchev–Trinajstić information content (AvgIpc) is 3.56. The maximum atomic E-state index is 13.4. The molecule has 14 heteroatoms. The van der Waals surface area contributed by atoms with Crippen LogP contribution in [0.1, 0.15) is 77.6 Å². The number of rotatable bonds is 7. The molecule has 4 fully saturated rings. The number of benzene rings is 1. The van der Waals surface area contributed by atoms with Crippen LogP contribution in [0.15, 0.2) is 45.7 Å². The zero-order valence-corrected chi connectivity index (χ0v) is 24.3. The summed E-state index contributed by atoms with van der Waals surface area (Å²) in [5, 5.41) is 18.3. The molecule has 3 aromatic heterocycles. The van der Waals surface area contributed by atoms with Gasteiger partial charge in [0.1, 0.15) is 17.1 Å². The summed E-state index contributed by atoms with van der Waals surface area (Å²) in [5.74, 6) is -0.420. The molecule has 0 radical (unpaired) electrons. The van der Waals surface area contributed by atoms with E-state index in [4.69, 9.17) is 37.0 Å². The van der Waals surface area contributed by atoms with E-state index in [-0.39, 0.29) is 28.6 Å². The van der Waals surface area contributed by atoms with Gasteiger partial charge in [0.15, 0.2) is 0 Å². The predicted molar refractivity (Wildman–Crippen MR) is 151 cm³/mol. The van der Waals surface area contributed by atoms with Gasteiger partial charge in [0.25, 0.3) is 5.89 Å². The molecule has 9 nitrogen and oxygen atoms in total. The Labute approximate surface area is 258 Å². The fourth-order valence-corrected chi connectivity index (χ4v) is 6.51. The first-order valence-corrected chi connectivity index (χ1v) is 14.6. The van der Waals surface area contributed by atoms with Crippen LogP contribution in [0.25, 0.3) is 28.7 Å². The number of hydrogen-bond donors (Lipinski definition) is 1. The number of hydrogen-bond acceptors (Lipinski definition) is 8. The molecule has 0 spiro atoms. The fourth-order valence-electron chi connectivity index (χ4n) is 5.97. The maximum absolute atomic E-state index is 13.4. The fraction of sp³-hybridized carbons (Fsp3) is 0.367.